The van der Waals surface area contributed by atoms with Crippen LogP contribution in [0.15, 0.2) is 78.9 Å². The Morgan fingerprint density at radius 2 is 1.71 bits per heavy atom. The third-order valence-corrected chi connectivity index (χ3v) is 5.30. The molecule has 0 aliphatic carbocycles. The first-order chi connectivity index (χ1) is 15.1. The Kier molecular flexibility index (Phi) is 4.78. The van der Waals surface area contributed by atoms with Gasteiger partial charge in [-0.2, -0.15) is 8.78 Å². The number of ether oxygens (including phenoxy) is 2. The van der Waals surface area contributed by atoms with Crippen molar-refractivity contribution >= 4 is 22.7 Å². The molecule has 0 bridgehead atoms. The number of aromatic nitrogens is 2. The molecule has 7 heteroatoms. The molecule has 1 unspecified atom stereocenters. The fourth-order valence-corrected chi connectivity index (χ4v) is 3.90. The first-order valence-corrected chi connectivity index (χ1v) is 9.78. The topological polar surface area (TPSA) is 48.3 Å². The summed E-state index contributed by atoms with van der Waals surface area (Å²) in [5.74, 6) is 1.52. The summed E-state index contributed by atoms with van der Waals surface area (Å²) in [6.07, 6.45) is 2.00. The summed E-state index contributed by atoms with van der Waals surface area (Å²) < 4.78 is 38.3. The number of halogens is 2. The second-order valence-electron chi connectivity index (χ2n) is 7.09. The summed E-state index contributed by atoms with van der Waals surface area (Å²) in [6.45, 7) is -2.91. The fraction of sp³-hybridized carbons (Fsp3) is 0.125. The molecule has 5 rings (SSSR count). The van der Waals surface area contributed by atoms with Gasteiger partial charge >= 0.3 is 6.61 Å². The number of rotatable bonds is 5. The van der Waals surface area contributed by atoms with Gasteiger partial charge in [-0.25, -0.2) is 4.98 Å². The molecule has 1 atom stereocenters. The molecule has 0 radical (unpaired) electrons. The number of nitrogens with zero attached hydrogens (tertiary/aromatic N) is 2. The fourth-order valence-electron chi connectivity index (χ4n) is 3.90. The van der Waals surface area contributed by atoms with E-state index in [2.05, 4.69) is 5.32 Å². The molecule has 0 spiro atoms. The highest BCUT2D eigenvalue weighted by Gasteiger charge is 2.27. The van der Waals surface area contributed by atoms with Crippen LogP contribution < -0.4 is 14.8 Å². The van der Waals surface area contributed by atoms with Crippen LogP contribution in [0, 0.1) is 0 Å². The maximum absolute atomic E-state index is 13.1. The van der Waals surface area contributed by atoms with Crippen molar-refractivity contribution in [2.24, 2.45) is 0 Å². The Morgan fingerprint density at radius 3 is 2.48 bits per heavy atom. The molecule has 3 aromatic carbocycles. The first kappa shape index (κ1) is 19.1. The van der Waals surface area contributed by atoms with Crippen molar-refractivity contribution in [1.29, 1.82) is 0 Å². The average molecular weight is 419 g/mol. The molecule has 31 heavy (non-hydrogen) atoms. The van der Waals surface area contributed by atoms with E-state index in [1.54, 1.807) is 25.3 Å². The Bertz CT molecular complexity index is 1270. The largest absolute Gasteiger partial charge is 0.497 e. The lowest BCUT2D eigenvalue weighted by Crippen LogP contribution is -2.20. The molecule has 0 saturated heterocycles. The molecular weight excluding hydrogens is 400 g/mol. The van der Waals surface area contributed by atoms with Crippen LogP contribution >= 0.6 is 0 Å². The summed E-state index contributed by atoms with van der Waals surface area (Å²) in [5, 5.41) is 3.38. The van der Waals surface area contributed by atoms with Crippen LogP contribution in [0.2, 0.25) is 0 Å². The van der Waals surface area contributed by atoms with Gasteiger partial charge in [0.15, 0.2) is 0 Å². The molecule has 0 fully saturated rings. The summed E-state index contributed by atoms with van der Waals surface area (Å²) in [4.78, 5) is 4.73. The van der Waals surface area contributed by atoms with Gasteiger partial charge in [0.2, 0.25) is 5.95 Å². The number of methoxy groups -OCH3 is 1. The van der Waals surface area contributed by atoms with Crippen LogP contribution in [0.5, 0.6) is 11.5 Å². The number of alkyl halides is 2. The highest BCUT2D eigenvalue weighted by Crippen LogP contribution is 2.40. The number of imidazole rings is 1. The zero-order chi connectivity index (χ0) is 21.4. The molecule has 4 aromatic rings. The van der Waals surface area contributed by atoms with Gasteiger partial charge in [0.05, 0.1) is 24.2 Å². The summed E-state index contributed by atoms with van der Waals surface area (Å²) >= 11 is 0. The van der Waals surface area contributed by atoms with E-state index in [0.717, 1.165) is 28.0 Å². The number of hydrogen-bond acceptors (Lipinski definition) is 4. The second-order valence-corrected chi connectivity index (χ2v) is 7.09. The first-order valence-electron chi connectivity index (χ1n) is 9.78. The van der Waals surface area contributed by atoms with E-state index < -0.39 is 12.7 Å². The van der Waals surface area contributed by atoms with Gasteiger partial charge in [0.1, 0.15) is 11.5 Å². The van der Waals surface area contributed by atoms with Crippen LogP contribution in [0.4, 0.5) is 14.7 Å². The Morgan fingerprint density at radius 1 is 0.968 bits per heavy atom. The van der Waals surface area contributed by atoms with Gasteiger partial charge in [-0.3, -0.25) is 4.57 Å². The molecule has 0 saturated carbocycles. The van der Waals surface area contributed by atoms with Crippen molar-refractivity contribution in [3.63, 3.8) is 0 Å². The molecule has 156 valence electrons. The van der Waals surface area contributed by atoms with Crippen LogP contribution in [-0.4, -0.2) is 23.3 Å². The molecule has 5 nitrogen and oxygen atoms in total. The number of para-hydroxylation sites is 3. The third-order valence-electron chi connectivity index (χ3n) is 5.30. The average Bonchev–Trinajstić information content (AvgIpc) is 3.17. The minimum Gasteiger partial charge on any atom is -0.497 e. The van der Waals surface area contributed by atoms with Gasteiger partial charge in [0.25, 0.3) is 0 Å². The highest BCUT2D eigenvalue weighted by atomic mass is 19.3. The molecule has 1 aromatic heterocycles. The summed E-state index contributed by atoms with van der Waals surface area (Å²) in [5.41, 5.74) is 4.08. The van der Waals surface area contributed by atoms with Crippen molar-refractivity contribution in [1.82, 2.24) is 9.55 Å². The van der Waals surface area contributed by atoms with E-state index in [-0.39, 0.29) is 5.75 Å². The van der Waals surface area contributed by atoms with Crippen LogP contribution in [0.1, 0.15) is 17.2 Å². The maximum atomic E-state index is 13.1. The minimum atomic E-state index is -2.91. The van der Waals surface area contributed by atoms with Gasteiger partial charge in [-0.15, -0.1) is 0 Å². The predicted octanol–water partition coefficient (Wildman–Crippen LogP) is 5.70. The predicted molar refractivity (Wildman–Crippen MR) is 116 cm³/mol. The number of nitrogens with one attached hydrogen (secondary N) is 1. The van der Waals surface area contributed by atoms with Crippen molar-refractivity contribution in [2.75, 3.05) is 12.4 Å². The Hall–Kier alpha value is -3.87. The van der Waals surface area contributed by atoms with Crippen molar-refractivity contribution < 1.29 is 18.3 Å². The molecule has 1 aliphatic heterocycles. The zero-order valence-electron chi connectivity index (χ0n) is 16.6. The van der Waals surface area contributed by atoms with Crippen molar-refractivity contribution in [3.8, 4) is 11.5 Å². The molecule has 0 amide bonds. The molecule has 1 N–H and O–H groups in total. The van der Waals surface area contributed by atoms with Gasteiger partial charge in [-0.1, -0.05) is 30.3 Å². The number of fused-ring (bicyclic) bond motifs is 3. The number of anilines is 1. The lowest BCUT2D eigenvalue weighted by Gasteiger charge is -2.27. The molecule has 1 aliphatic rings. The van der Waals surface area contributed by atoms with Crippen LogP contribution in [0.3, 0.4) is 0 Å². The number of allylic oxidation sites excluding steroid dienone is 1. The highest BCUT2D eigenvalue weighted by molar-refractivity contribution is 5.85. The lowest BCUT2D eigenvalue weighted by atomic mass is 10.00. The number of benzene rings is 3. The van der Waals surface area contributed by atoms with E-state index in [0.29, 0.717) is 11.5 Å². The quantitative estimate of drug-likeness (QED) is 0.451. The third kappa shape index (κ3) is 3.48. The van der Waals surface area contributed by atoms with Crippen LogP contribution in [0.25, 0.3) is 16.7 Å². The second kappa shape index (κ2) is 7.75. The Balaban J connectivity index is 1.69. The summed E-state index contributed by atoms with van der Waals surface area (Å²) in [6, 6.07) is 21.8. The van der Waals surface area contributed by atoms with E-state index in [9.17, 15) is 8.78 Å². The van der Waals surface area contributed by atoms with Gasteiger partial charge in [0, 0.05) is 11.3 Å². The van der Waals surface area contributed by atoms with E-state index in [4.69, 9.17) is 14.5 Å². The number of hydrogen-bond donors (Lipinski definition) is 1. The minimum absolute atomic E-state index is 0.137. The smallest absolute Gasteiger partial charge is 0.387 e. The van der Waals surface area contributed by atoms with E-state index >= 15 is 0 Å². The zero-order valence-corrected chi connectivity index (χ0v) is 16.6. The molecule has 2 heterocycles. The van der Waals surface area contributed by atoms with E-state index in [1.807, 2.05) is 65.2 Å². The van der Waals surface area contributed by atoms with Crippen LogP contribution in [-0.2, 0) is 0 Å². The summed E-state index contributed by atoms with van der Waals surface area (Å²) in [7, 11) is 1.62. The SMILES string of the molecule is COc1ccc(C2=CC(c3ccccc3OC(F)F)n3c(nc4ccccc43)N2)cc1. The van der Waals surface area contributed by atoms with Crippen molar-refractivity contribution in [2.45, 2.75) is 12.7 Å². The normalized spacial score (nSPS) is 15.4. The lowest BCUT2D eigenvalue weighted by molar-refractivity contribution is -0.0505. The van der Waals surface area contributed by atoms with E-state index in [1.165, 1.54) is 0 Å². The Labute approximate surface area is 177 Å². The van der Waals surface area contributed by atoms with Gasteiger partial charge < -0.3 is 14.8 Å². The van der Waals surface area contributed by atoms with Crippen molar-refractivity contribution in [3.05, 3.63) is 90.0 Å². The molecular formula is C24H19F2N3O2. The monoisotopic (exact) mass is 419 g/mol. The van der Waals surface area contributed by atoms with Gasteiger partial charge in [-0.05, 0) is 54.1 Å². The standard InChI is InChI=1S/C24H19F2N3O2/c1-30-16-12-10-15(11-13-16)19-14-21(17-6-2-5-9-22(17)31-23(25)26)29-20-8-4-3-7-18(20)27-24(29)28-19/h2-14,21,23H,1H3,(H,27,28). The maximum Gasteiger partial charge on any atom is 0.387 e.